The van der Waals surface area contributed by atoms with E-state index in [0.717, 1.165) is 49.6 Å². The Morgan fingerprint density at radius 2 is 1.94 bits per heavy atom. The maximum absolute atomic E-state index is 13.3. The largest absolute Gasteiger partial charge is 0.307 e. The summed E-state index contributed by atoms with van der Waals surface area (Å²) < 4.78 is 5.79. The summed E-state index contributed by atoms with van der Waals surface area (Å²) in [6.07, 6.45) is 5.40. The predicted octanol–water partition coefficient (Wildman–Crippen LogP) is 3.00. The van der Waals surface area contributed by atoms with Crippen LogP contribution in [0.15, 0.2) is 35.4 Å². The first kappa shape index (κ1) is 21.0. The molecular weight excluding hydrogens is 430 g/mol. The molecule has 0 spiro atoms. The molecule has 4 aromatic heterocycles. The number of nitrogens with one attached hydrogen (secondary N) is 1. The highest BCUT2D eigenvalue weighted by molar-refractivity contribution is 5.77. The minimum Gasteiger partial charge on any atom is -0.307 e. The summed E-state index contributed by atoms with van der Waals surface area (Å²) >= 11 is 0. The zero-order valence-corrected chi connectivity index (χ0v) is 20.0. The first-order valence-electron chi connectivity index (χ1n) is 11.8. The number of hydrogen-bond donors (Lipinski definition) is 1. The van der Waals surface area contributed by atoms with E-state index >= 15 is 0 Å². The Bertz CT molecular complexity index is 1450. The fraction of sp³-hybridized carbons (Fsp3) is 0.458. The molecule has 4 aromatic rings. The smallest absolute Gasteiger partial charge is 0.278 e. The van der Waals surface area contributed by atoms with Crippen molar-refractivity contribution in [3.8, 4) is 5.69 Å². The van der Waals surface area contributed by atoms with E-state index in [2.05, 4.69) is 53.1 Å². The van der Waals surface area contributed by atoms with E-state index in [9.17, 15) is 4.79 Å². The van der Waals surface area contributed by atoms with Gasteiger partial charge in [0.15, 0.2) is 11.5 Å². The number of fused-ring (bicyclic) bond motifs is 2. The molecule has 5 heterocycles. The lowest BCUT2D eigenvalue weighted by Crippen LogP contribution is -2.30. The number of hydrogen-bond acceptors (Lipinski definition) is 7. The van der Waals surface area contributed by atoms with Gasteiger partial charge >= 0.3 is 0 Å². The second-order valence-electron chi connectivity index (χ2n) is 10.4. The molecule has 0 saturated heterocycles. The molecule has 0 unspecified atom stereocenters. The van der Waals surface area contributed by atoms with Gasteiger partial charge in [0.1, 0.15) is 5.39 Å². The average molecular weight is 460 g/mol. The van der Waals surface area contributed by atoms with Crippen LogP contribution in [-0.2, 0) is 18.5 Å². The molecule has 1 N–H and O–H groups in total. The van der Waals surface area contributed by atoms with Crippen molar-refractivity contribution in [2.45, 2.75) is 58.2 Å². The topological polar surface area (TPSA) is 98.7 Å². The van der Waals surface area contributed by atoms with E-state index in [1.54, 1.807) is 12.4 Å². The minimum absolute atomic E-state index is 0.0568. The van der Waals surface area contributed by atoms with Gasteiger partial charge < -0.3 is 5.32 Å². The van der Waals surface area contributed by atoms with Crippen LogP contribution in [0.3, 0.4) is 0 Å². The van der Waals surface area contributed by atoms with Gasteiger partial charge in [-0.05, 0) is 32.0 Å². The molecule has 0 atom stereocenters. The van der Waals surface area contributed by atoms with Crippen molar-refractivity contribution in [3.05, 3.63) is 52.3 Å². The number of nitrogens with zero attached hydrogens (tertiary/aromatic N) is 8. The van der Waals surface area contributed by atoms with Crippen LogP contribution in [0.2, 0.25) is 0 Å². The van der Waals surface area contributed by atoms with Crippen molar-refractivity contribution in [1.29, 1.82) is 0 Å². The molecule has 34 heavy (non-hydrogen) atoms. The summed E-state index contributed by atoms with van der Waals surface area (Å²) in [6, 6.07) is 6.19. The molecule has 1 saturated carbocycles. The van der Waals surface area contributed by atoms with E-state index in [-0.39, 0.29) is 17.0 Å². The van der Waals surface area contributed by atoms with E-state index in [4.69, 9.17) is 4.98 Å². The highest BCUT2D eigenvalue weighted by atomic mass is 16.1. The number of rotatable bonds is 4. The Hall–Kier alpha value is -3.53. The zero-order valence-electron chi connectivity index (χ0n) is 20.0. The SMILES string of the molecule is CN1CCn2nc(Nc3ncc4c(=O)n(C5CC5)n(-c5ccnc(C(C)(C)C)c5)c4n3)cc2C1. The van der Waals surface area contributed by atoms with Crippen molar-refractivity contribution in [2.24, 2.45) is 0 Å². The maximum atomic E-state index is 13.3. The molecule has 2 aliphatic rings. The Morgan fingerprint density at radius 1 is 1.12 bits per heavy atom. The number of aromatic nitrogens is 7. The fourth-order valence-corrected chi connectivity index (χ4v) is 4.49. The second-order valence-corrected chi connectivity index (χ2v) is 10.4. The van der Waals surface area contributed by atoms with Crippen LogP contribution < -0.4 is 10.9 Å². The highest BCUT2D eigenvalue weighted by Gasteiger charge is 2.31. The van der Waals surface area contributed by atoms with Crippen molar-refractivity contribution in [1.82, 2.24) is 39.0 Å². The van der Waals surface area contributed by atoms with Crippen LogP contribution in [0, 0.1) is 0 Å². The van der Waals surface area contributed by atoms with Gasteiger partial charge in [-0.25, -0.2) is 14.3 Å². The Labute approximate surface area is 197 Å². The van der Waals surface area contributed by atoms with Crippen LogP contribution in [0.5, 0.6) is 0 Å². The normalized spacial score (nSPS) is 16.7. The monoisotopic (exact) mass is 459 g/mol. The number of pyridine rings is 1. The van der Waals surface area contributed by atoms with Gasteiger partial charge in [0.2, 0.25) is 5.95 Å². The van der Waals surface area contributed by atoms with Gasteiger partial charge in [-0.2, -0.15) is 10.1 Å². The number of likely N-dealkylation sites (N-methyl/N-ethyl adjacent to an activating group) is 1. The van der Waals surface area contributed by atoms with Crippen LogP contribution in [0.4, 0.5) is 11.8 Å². The van der Waals surface area contributed by atoms with Crippen LogP contribution >= 0.6 is 0 Å². The standard InChI is InChI=1S/C24H29N9O/c1-24(2,3)19-11-16(7-8-25-19)32-21-18(22(34)33(32)15-5-6-15)13-26-23(28-21)27-20-12-17-14-30(4)9-10-31(17)29-20/h7-8,11-13,15H,5-6,9-10,14H2,1-4H3,(H,26,27,28,29). The van der Waals surface area contributed by atoms with Gasteiger partial charge in [0, 0.05) is 42.7 Å². The summed E-state index contributed by atoms with van der Waals surface area (Å²) in [6.45, 7) is 9.08. The highest BCUT2D eigenvalue weighted by Crippen LogP contribution is 2.36. The van der Waals surface area contributed by atoms with Gasteiger partial charge in [0.25, 0.3) is 5.56 Å². The molecule has 10 heteroatoms. The van der Waals surface area contributed by atoms with Crippen molar-refractivity contribution < 1.29 is 0 Å². The lowest BCUT2D eigenvalue weighted by molar-refractivity contribution is 0.259. The second kappa shape index (κ2) is 7.49. The third kappa shape index (κ3) is 3.58. The molecule has 6 rings (SSSR count). The van der Waals surface area contributed by atoms with Gasteiger partial charge in [-0.1, -0.05) is 20.8 Å². The third-order valence-corrected chi connectivity index (χ3v) is 6.50. The van der Waals surface area contributed by atoms with Crippen molar-refractivity contribution in [3.63, 3.8) is 0 Å². The molecule has 176 valence electrons. The third-order valence-electron chi connectivity index (χ3n) is 6.50. The molecule has 1 fully saturated rings. The minimum atomic E-state index is -0.111. The van der Waals surface area contributed by atoms with Crippen molar-refractivity contribution >= 4 is 22.8 Å². The average Bonchev–Trinajstić information content (AvgIpc) is 3.49. The molecular formula is C24H29N9O. The quantitative estimate of drug-likeness (QED) is 0.501. The molecule has 0 amide bonds. The first-order chi connectivity index (χ1) is 16.3. The van der Waals surface area contributed by atoms with Gasteiger partial charge in [0.05, 0.1) is 24.0 Å². The van der Waals surface area contributed by atoms with Crippen molar-refractivity contribution in [2.75, 3.05) is 18.9 Å². The maximum Gasteiger partial charge on any atom is 0.278 e. The van der Waals surface area contributed by atoms with E-state index in [1.807, 2.05) is 32.2 Å². The molecule has 0 aromatic carbocycles. The Kier molecular flexibility index (Phi) is 4.63. The summed E-state index contributed by atoms with van der Waals surface area (Å²) in [4.78, 5) is 29.4. The van der Waals surface area contributed by atoms with Crippen LogP contribution in [-0.4, -0.2) is 52.6 Å². The summed E-state index contributed by atoms with van der Waals surface area (Å²) in [5, 5.41) is 8.42. The van der Waals surface area contributed by atoms with E-state index in [0.29, 0.717) is 22.8 Å². The molecule has 0 bridgehead atoms. The Morgan fingerprint density at radius 3 is 2.71 bits per heavy atom. The lowest BCUT2D eigenvalue weighted by atomic mass is 9.91. The number of anilines is 2. The summed E-state index contributed by atoms with van der Waals surface area (Å²) in [7, 11) is 2.11. The zero-order chi connectivity index (χ0) is 23.6. The molecule has 1 aliphatic heterocycles. The molecule has 1 aliphatic carbocycles. The summed E-state index contributed by atoms with van der Waals surface area (Å²) in [5.41, 5.74) is 3.41. The fourth-order valence-electron chi connectivity index (χ4n) is 4.49. The predicted molar refractivity (Wildman–Crippen MR) is 130 cm³/mol. The van der Waals surface area contributed by atoms with E-state index in [1.165, 1.54) is 0 Å². The van der Waals surface area contributed by atoms with E-state index < -0.39 is 0 Å². The van der Waals surface area contributed by atoms with Gasteiger partial charge in [-0.3, -0.25) is 19.4 Å². The molecule has 0 radical (unpaired) electrons. The van der Waals surface area contributed by atoms with Crippen LogP contribution in [0.25, 0.3) is 16.7 Å². The lowest BCUT2D eigenvalue weighted by Gasteiger charge is -2.22. The Balaban J connectivity index is 1.45. The van der Waals surface area contributed by atoms with Gasteiger partial charge in [-0.15, -0.1) is 0 Å². The molecule has 10 nitrogen and oxygen atoms in total. The summed E-state index contributed by atoms with van der Waals surface area (Å²) in [5.74, 6) is 1.13. The van der Waals surface area contributed by atoms with Crippen LogP contribution in [0.1, 0.15) is 51.0 Å². The first-order valence-corrected chi connectivity index (χ1v) is 11.8.